The molecular formula is C44H76O3S. The Balaban J connectivity index is 1.64. The van der Waals surface area contributed by atoms with Gasteiger partial charge in [0.15, 0.2) is 0 Å². The lowest BCUT2D eigenvalue weighted by atomic mass is 9.95. The van der Waals surface area contributed by atoms with E-state index < -0.39 is 10.1 Å². The van der Waals surface area contributed by atoms with E-state index in [0.29, 0.717) is 5.39 Å². The third-order valence-electron chi connectivity index (χ3n) is 10.5. The van der Waals surface area contributed by atoms with E-state index >= 15 is 0 Å². The second-order valence-electron chi connectivity index (χ2n) is 15.0. The van der Waals surface area contributed by atoms with Crippen molar-refractivity contribution in [2.75, 3.05) is 0 Å². The van der Waals surface area contributed by atoms with Crippen LogP contribution in [0.4, 0.5) is 0 Å². The molecule has 0 saturated heterocycles. The Morgan fingerprint density at radius 2 is 0.771 bits per heavy atom. The number of aryl methyl sites for hydroxylation is 2. The van der Waals surface area contributed by atoms with Crippen LogP contribution in [0.25, 0.3) is 10.8 Å². The van der Waals surface area contributed by atoms with Crippen LogP contribution < -0.4 is 0 Å². The molecule has 0 aromatic heterocycles. The Morgan fingerprint density at radius 1 is 0.417 bits per heavy atom. The number of hydrogen-bond acceptors (Lipinski definition) is 2. The van der Waals surface area contributed by atoms with E-state index in [-0.39, 0.29) is 4.90 Å². The zero-order valence-electron chi connectivity index (χ0n) is 31.7. The number of rotatable bonds is 33. The average Bonchev–Trinajstić information content (AvgIpc) is 3.07. The van der Waals surface area contributed by atoms with Crippen LogP contribution >= 0.6 is 0 Å². The maximum atomic E-state index is 12.1. The Kier molecular flexibility index (Phi) is 25.2. The van der Waals surface area contributed by atoms with E-state index in [0.717, 1.165) is 24.6 Å². The van der Waals surface area contributed by atoms with Crippen molar-refractivity contribution >= 4 is 20.9 Å². The highest BCUT2D eigenvalue weighted by Gasteiger charge is 2.16. The first-order valence-electron chi connectivity index (χ1n) is 21.0. The summed E-state index contributed by atoms with van der Waals surface area (Å²) in [5.41, 5.74) is 2.49. The highest BCUT2D eigenvalue weighted by atomic mass is 32.2. The predicted molar refractivity (Wildman–Crippen MR) is 211 cm³/mol. The molecule has 2 rings (SSSR count). The van der Waals surface area contributed by atoms with Gasteiger partial charge in [0.25, 0.3) is 10.1 Å². The third-order valence-corrected chi connectivity index (χ3v) is 11.4. The lowest BCUT2D eigenvalue weighted by Gasteiger charge is -2.12. The SMILES string of the molecule is CCCCCCCCCCCCCCCCCc1ccc2c(S(=O)(=O)O)ccc(CCCCCCCCCCCCCCCCC)c2c1. The molecule has 0 atom stereocenters. The fourth-order valence-corrected chi connectivity index (χ4v) is 8.11. The molecular weight excluding hydrogens is 609 g/mol. The van der Waals surface area contributed by atoms with Gasteiger partial charge in [-0.1, -0.05) is 218 Å². The van der Waals surface area contributed by atoms with Crippen LogP contribution in [0.3, 0.4) is 0 Å². The van der Waals surface area contributed by atoms with Gasteiger partial charge in [0, 0.05) is 5.39 Å². The summed E-state index contributed by atoms with van der Waals surface area (Å²) in [6, 6.07) is 9.74. The summed E-state index contributed by atoms with van der Waals surface area (Å²) in [6.07, 6.45) is 42.8. The summed E-state index contributed by atoms with van der Waals surface area (Å²) >= 11 is 0. The van der Waals surface area contributed by atoms with Crippen molar-refractivity contribution in [1.29, 1.82) is 0 Å². The van der Waals surface area contributed by atoms with Gasteiger partial charge in [-0.3, -0.25) is 4.55 Å². The summed E-state index contributed by atoms with van der Waals surface area (Å²) in [5, 5.41) is 1.67. The molecule has 2 aromatic carbocycles. The Hall–Kier alpha value is -1.39. The minimum Gasteiger partial charge on any atom is -0.282 e. The topological polar surface area (TPSA) is 54.4 Å². The number of benzene rings is 2. The van der Waals surface area contributed by atoms with Crippen molar-refractivity contribution in [1.82, 2.24) is 0 Å². The van der Waals surface area contributed by atoms with E-state index in [4.69, 9.17) is 0 Å². The van der Waals surface area contributed by atoms with Crippen molar-refractivity contribution in [3.05, 3.63) is 41.5 Å². The van der Waals surface area contributed by atoms with Gasteiger partial charge >= 0.3 is 0 Å². The fourth-order valence-electron chi connectivity index (χ4n) is 7.41. The van der Waals surface area contributed by atoms with Crippen LogP contribution in [-0.2, 0) is 23.0 Å². The van der Waals surface area contributed by atoms with Gasteiger partial charge in [0.05, 0.1) is 0 Å². The first kappa shape index (κ1) is 42.8. The smallest absolute Gasteiger partial charge is 0.282 e. The molecule has 0 aliphatic heterocycles. The summed E-state index contributed by atoms with van der Waals surface area (Å²) < 4.78 is 34.2. The standard InChI is InChI=1S/C44H76O3S/c1-3-5-7-9-11-13-15-17-19-21-23-25-27-29-31-33-40-35-37-42-43(39-40)41(36-38-44(42)48(45,46)47)34-32-30-28-26-24-22-20-18-16-14-12-10-8-6-4-2/h35-39H,3-34H2,1-2H3,(H,45,46,47). The van der Waals surface area contributed by atoms with Crippen LogP contribution in [0.1, 0.15) is 218 Å². The zero-order valence-corrected chi connectivity index (χ0v) is 32.5. The van der Waals surface area contributed by atoms with Crippen LogP contribution in [0, 0.1) is 0 Å². The maximum absolute atomic E-state index is 12.1. The number of hydrogen-bond donors (Lipinski definition) is 1. The first-order valence-corrected chi connectivity index (χ1v) is 22.4. The maximum Gasteiger partial charge on any atom is 0.295 e. The van der Waals surface area contributed by atoms with E-state index in [1.165, 1.54) is 197 Å². The quantitative estimate of drug-likeness (QED) is 0.0601. The summed E-state index contributed by atoms with van der Waals surface area (Å²) in [5.74, 6) is 0. The summed E-state index contributed by atoms with van der Waals surface area (Å²) in [7, 11) is -4.25. The van der Waals surface area contributed by atoms with Crippen molar-refractivity contribution in [3.8, 4) is 0 Å². The lowest BCUT2D eigenvalue weighted by Crippen LogP contribution is -2.01. The minimum absolute atomic E-state index is 0.0382. The fraction of sp³-hybridized carbons (Fsp3) is 0.773. The molecule has 276 valence electrons. The molecule has 0 aliphatic rings. The molecule has 3 nitrogen and oxygen atoms in total. The normalized spacial score (nSPS) is 12.0. The molecule has 2 aromatic rings. The molecule has 0 fully saturated rings. The number of unbranched alkanes of at least 4 members (excludes halogenated alkanes) is 28. The lowest BCUT2D eigenvalue weighted by molar-refractivity contribution is 0.484. The summed E-state index contributed by atoms with van der Waals surface area (Å²) in [6.45, 7) is 4.57. The molecule has 0 radical (unpaired) electrons. The van der Waals surface area contributed by atoms with E-state index in [9.17, 15) is 13.0 Å². The van der Waals surface area contributed by atoms with Crippen LogP contribution in [0.5, 0.6) is 0 Å². The molecule has 0 bridgehead atoms. The van der Waals surface area contributed by atoms with Crippen molar-refractivity contribution < 1.29 is 13.0 Å². The first-order chi connectivity index (χ1) is 23.5. The highest BCUT2D eigenvalue weighted by molar-refractivity contribution is 7.86. The molecule has 4 heteroatoms. The van der Waals surface area contributed by atoms with Crippen LogP contribution in [0.15, 0.2) is 35.2 Å². The Labute approximate surface area is 298 Å². The van der Waals surface area contributed by atoms with Crippen molar-refractivity contribution in [2.45, 2.75) is 224 Å². The molecule has 0 saturated carbocycles. The van der Waals surface area contributed by atoms with Gasteiger partial charge < -0.3 is 0 Å². The molecule has 1 N–H and O–H groups in total. The minimum atomic E-state index is -4.25. The van der Waals surface area contributed by atoms with Crippen LogP contribution in [0.2, 0.25) is 0 Å². The van der Waals surface area contributed by atoms with E-state index in [1.54, 1.807) is 6.07 Å². The predicted octanol–water partition coefficient (Wildman–Crippen LogP) is 14.9. The van der Waals surface area contributed by atoms with E-state index in [2.05, 4.69) is 26.0 Å². The monoisotopic (exact) mass is 685 g/mol. The van der Waals surface area contributed by atoms with Crippen molar-refractivity contribution in [2.24, 2.45) is 0 Å². The van der Waals surface area contributed by atoms with Gasteiger partial charge in [-0.25, -0.2) is 0 Å². The largest absolute Gasteiger partial charge is 0.295 e. The Bertz CT molecular complexity index is 1160. The second kappa shape index (κ2) is 28.3. The molecule has 0 aliphatic carbocycles. The molecule has 0 heterocycles. The van der Waals surface area contributed by atoms with Gasteiger partial charge in [0.2, 0.25) is 0 Å². The van der Waals surface area contributed by atoms with Gasteiger partial charge in [-0.05, 0) is 48.3 Å². The molecule has 0 amide bonds. The van der Waals surface area contributed by atoms with Gasteiger partial charge in [-0.2, -0.15) is 8.42 Å². The van der Waals surface area contributed by atoms with Gasteiger partial charge in [0.1, 0.15) is 4.90 Å². The van der Waals surface area contributed by atoms with Crippen molar-refractivity contribution in [3.63, 3.8) is 0 Å². The van der Waals surface area contributed by atoms with E-state index in [1.807, 2.05) is 12.1 Å². The van der Waals surface area contributed by atoms with Crippen LogP contribution in [-0.4, -0.2) is 13.0 Å². The molecule has 0 unspecified atom stereocenters. The molecule has 0 spiro atoms. The Morgan fingerprint density at radius 3 is 1.15 bits per heavy atom. The highest BCUT2D eigenvalue weighted by Crippen LogP contribution is 2.29. The van der Waals surface area contributed by atoms with Gasteiger partial charge in [-0.15, -0.1) is 0 Å². The second-order valence-corrected chi connectivity index (χ2v) is 16.4. The third kappa shape index (κ3) is 20.3. The summed E-state index contributed by atoms with van der Waals surface area (Å²) in [4.78, 5) is 0.0382. The zero-order chi connectivity index (χ0) is 34.5. The average molecular weight is 685 g/mol. The number of fused-ring (bicyclic) bond motifs is 1. The molecule has 48 heavy (non-hydrogen) atoms.